The number of ketones is 1. The first kappa shape index (κ1) is 10.7. The van der Waals surface area contributed by atoms with E-state index in [2.05, 4.69) is 4.98 Å². The van der Waals surface area contributed by atoms with Gasteiger partial charge in [0, 0.05) is 12.1 Å². The van der Waals surface area contributed by atoms with E-state index < -0.39 is 0 Å². The van der Waals surface area contributed by atoms with Gasteiger partial charge in [0.15, 0.2) is 5.78 Å². The van der Waals surface area contributed by atoms with Crippen molar-refractivity contribution in [3.8, 4) is 5.88 Å². The Kier molecular flexibility index (Phi) is 3.23. The number of rotatable bonds is 3. The highest BCUT2D eigenvalue weighted by atomic mass is 16.5. The lowest BCUT2D eigenvalue weighted by Crippen LogP contribution is -2.10. The number of carbonyl (C=O) groups is 1. The zero-order valence-corrected chi connectivity index (χ0v) is 9.00. The number of hydrogen-bond acceptors (Lipinski definition) is 3. The summed E-state index contributed by atoms with van der Waals surface area (Å²) in [6, 6.07) is 1.81. The van der Waals surface area contributed by atoms with E-state index >= 15 is 0 Å². The first-order chi connectivity index (χ1) is 6.56. The first-order valence-corrected chi connectivity index (χ1v) is 4.61. The van der Waals surface area contributed by atoms with Crippen molar-refractivity contribution in [2.24, 2.45) is 5.92 Å². The largest absolute Gasteiger partial charge is 0.480 e. The van der Waals surface area contributed by atoms with Crippen molar-refractivity contribution in [2.45, 2.75) is 20.8 Å². The molecule has 3 nitrogen and oxygen atoms in total. The van der Waals surface area contributed by atoms with Gasteiger partial charge in [-0.2, -0.15) is 0 Å². The van der Waals surface area contributed by atoms with E-state index in [4.69, 9.17) is 4.74 Å². The molecule has 3 heteroatoms. The van der Waals surface area contributed by atoms with Crippen LogP contribution >= 0.6 is 0 Å². The van der Waals surface area contributed by atoms with Gasteiger partial charge in [-0.3, -0.25) is 4.79 Å². The molecule has 0 N–H and O–H groups in total. The third-order valence-electron chi connectivity index (χ3n) is 1.97. The van der Waals surface area contributed by atoms with Crippen LogP contribution in [0.5, 0.6) is 5.88 Å². The van der Waals surface area contributed by atoms with Crippen molar-refractivity contribution < 1.29 is 9.53 Å². The fourth-order valence-electron chi connectivity index (χ4n) is 1.21. The molecule has 0 spiro atoms. The molecule has 1 rings (SSSR count). The quantitative estimate of drug-likeness (QED) is 0.691. The van der Waals surface area contributed by atoms with E-state index in [0.29, 0.717) is 11.4 Å². The summed E-state index contributed by atoms with van der Waals surface area (Å²) in [4.78, 5) is 15.8. The summed E-state index contributed by atoms with van der Waals surface area (Å²) in [6.45, 7) is 5.64. The van der Waals surface area contributed by atoms with E-state index in [1.54, 1.807) is 6.20 Å². The van der Waals surface area contributed by atoms with Crippen LogP contribution in [0.3, 0.4) is 0 Å². The summed E-state index contributed by atoms with van der Waals surface area (Å²) in [6.07, 6.45) is 1.69. The van der Waals surface area contributed by atoms with Gasteiger partial charge in [0.2, 0.25) is 5.88 Å². The number of ether oxygens (including phenoxy) is 1. The van der Waals surface area contributed by atoms with Crippen LogP contribution in [0.2, 0.25) is 0 Å². The normalized spacial score (nSPS) is 10.4. The molecule has 0 saturated carbocycles. The number of carbonyl (C=O) groups excluding carboxylic acids is 1. The lowest BCUT2D eigenvalue weighted by Gasteiger charge is -2.08. The minimum atomic E-state index is -0.0347. The fourth-order valence-corrected chi connectivity index (χ4v) is 1.21. The summed E-state index contributed by atoms with van der Waals surface area (Å²) in [7, 11) is 1.52. The second-order valence-electron chi connectivity index (χ2n) is 3.59. The predicted molar refractivity (Wildman–Crippen MR) is 54.7 cm³/mol. The Hall–Kier alpha value is -1.38. The minimum Gasteiger partial charge on any atom is -0.480 e. The molecule has 0 aliphatic heterocycles. The van der Waals surface area contributed by atoms with Crippen LogP contribution in [0, 0.1) is 12.8 Å². The van der Waals surface area contributed by atoms with Crippen molar-refractivity contribution in [1.29, 1.82) is 0 Å². The Morgan fingerprint density at radius 3 is 2.64 bits per heavy atom. The number of aryl methyl sites for hydroxylation is 1. The van der Waals surface area contributed by atoms with Gasteiger partial charge in [-0.1, -0.05) is 13.8 Å². The maximum absolute atomic E-state index is 11.8. The van der Waals surface area contributed by atoms with Gasteiger partial charge in [-0.05, 0) is 18.6 Å². The average molecular weight is 193 g/mol. The topological polar surface area (TPSA) is 39.2 Å². The molecule has 0 amide bonds. The standard InChI is InChI=1S/C11H15NO2/c1-7(2)10(13)9-5-8(3)6-12-11(9)14-4/h5-7H,1-4H3. The monoisotopic (exact) mass is 193 g/mol. The second kappa shape index (κ2) is 4.22. The molecule has 1 aromatic rings. The summed E-state index contributed by atoms with van der Waals surface area (Å²) in [5.41, 5.74) is 1.54. The van der Waals surface area contributed by atoms with E-state index in [1.807, 2.05) is 26.8 Å². The van der Waals surface area contributed by atoms with Crippen molar-refractivity contribution in [1.82, 2.24) is 4.98 Å². The molecule has 76 valence electrons. The van der Waals surface area contributed by atoms with E-state index in [9.17, 15) is 4.79 Å². The average Bonchev–Trinajstić information content (AvgIpc) is 2.16. The number of Topliss-reactive ketones (excluding diaryl/α,β-unsaturated/α-hetero) is 1. The molecule has 0 saturated heterocycles. The highest BCUT2D eigenvalue weighted by Crippen LogP contribution is 2.19. The van der Waals surface area contributed by atoms with E-state index in [-0.39, 0.29) is 11.7 Å². The highest BCUT2D eigenvalue weighted by Gasteiger charge is 2.16. The summed E-state index contributed by atoms with van der Waals surface area (Å²) in [5, 5.41) is 0. The van der Waals surface area contributed by atoms with Crippen LogP contribution in [0.4, 0.5) is 0 Å². The smallest absolute Gasteiger partial charge is 0.224 e. The fraction of sp³-hybridized carbons (Fsp3) is 0.455. The molecule has 0 radical (unpaired) electrons. The summed E-state index contributed by atoms with van der Waals surface area (Å²) >= 11 is 0. The van der Waals surface area contributed by atoms with Crippen molar-refractivity contribution in [3.05, 3.63) is 23.4 Å². The van der Waals surface area contributed by atoms with Crippen molar-refractivity contribution in [3.63, 3.8) is 0 Å². The van der Waals surface area contributed by atoms with Crippen LogP contribution in [0.1, 0.15) is 29.8 Å². The van der Waals surface area contributed by atoms with Crippen LogP contribution in [0.15, 0.2) is 12.3 Å². The molecule has 0 bridgehead atoms. The molecule has 0 aromatic carbocycles. The molecular weight excluding hydrogens is 178 g/mol. The Balaban J connectivity index is 3.17. The Morgan fingerprint density at radius 2 is 2.14 bits per heavy atom. The molecule has 14 heavy (non-hydrogen) atoms. The Labute approximate surface area is 84.1 Å². The number of aromatic nitrogens is 1. The van der Waals surface area contributed by atoms with Gasteiger partial charge in [0.05, 0.1) is 12.7 Å². The first-order valence-electron chi connectivity index (χ1n) is 4.61. The molecule has 0 unspecified atom stereocenters. The van der Waals surface area contributed by atoms with Gasteiger partial charge < -0.3 is 4.74 Å². The van der Waals surface area contributed by atoms with Gasteiger partial charge in [0.1, 0.15) is 0 Å². The number of nitrogens with zero attached hydrogens (tertiary/aromatic N) is 1. The predicted octanol–water partition coefficient (Wildman–Crippen LogP) is 2.24. The lowest BCUT2D eigenvalue weighted by atomic mass is 10.0. The van der Waals surface area contributed by atoms with Crippen molar-refractivity contribution >= 4 is 5.78 Å². The van der Waals surface area contributed by atoms with Crippen LogP contribution in [0.25, 0.3) is 0 Å². The maximum atomic E-state index is 11.8. The van der Waals surface area contributed by atoms with Gasteiger partial charge >= 0.3 is 0 Å². The summed E-state index contributed by atoms with van der Waals surface area (Å²) in [5.74, 6) is 0.444. The zero-order valence-electron chi connectivity index (χ0n) is 9.00. The molecular formula is C11H15NO2. The molecule has 0 atom stereocenters. The molecule has 1 heterocycles. The zero-order chi connectivity index (χ0) is 10.7. The SMILES string of the molecule is COc1ncc(C)cc1C(=O)C(C)C. The molecule has 0 fully saturated rings. The Bertz CT molecular complexity index is 345. The third-order valence-corrected chi connectivity index (χ3v) is 1.97. The van der Waals surface area contributed by atoms with Crippen molar-refractivity contribution in [2.75, 3.05) is 7.11 Å². The lowest BCUT2D eigenvalue weighted by molar-refractivity contribution is 0.0935. The van der Waals surface area contributed by atoms with Crippen LogP contribution in [-0.4, -0.2) is 17.9 Å². The Morgan fingerprint density at radius 1 is 1.50 bits per heavy atom. The van der Waals surface area contributed by atoms with Gasteiger partial charge in [-0.25, -0.2) is 4.98 Å². The minimum absolute atomic E-state index is 0.0347. The third kappa shape index (κ3) is 2.10. The summed E-state index contributed by atoms with van der Waals surface area (Å²) < 4.78 is 5.04. The number of pyridine rings is 1. The van der Waals surface area contributed by atoms with Crippen LogP contribution in [-0.2, 0) is 0 Å². The van der Waals surface area contributed by atoms with Gasteiger partial charge in [0.25, 0.3) is 0 Å². The number of methoxy groups -OCH3 is 1. The molecule has 0 aliphatic carbocycles. The maximum Gasteiger partial charge on any atom is 0.224 e. The second-order valence-corrected chi connectivity index (χ2v) is 3.59. The van der Waals surface area contributed by atoms with Gasteiger partial charge in [-0.15, -0.1) is 0 Å². The highest BCUT2D eigenvalue weighted by molar-refractivity contribution is 5.99. The van der Waals surface area contributed by atoms with E-state index in [1.165, 1.54) is 7.11 Å². The van der Waals surface area contributed by atoms with Crippen LogP contribution < -0.4 is 4.74 Å². The van der Waals surface area contributed by atoms with E-state index in [0.717, 1.165) is 5.56 Å². The number of hydrogen-bond donors (Lipinski definition) is 0. The molecule has 0 aliphatic rings. The molecule has 1 aromatic heterocycles.